The number of halogens is 5. The summed E-state index contributed by atoms with van der Waals surface area (Å²) in [6, 6.07) is 2.28. The van der Waals surface area contributed by atoms with Gasteiger partial charge < -0.3 is 4.74 Å². The summed E-state index contributed by atoms with van der Waals surface area (Å²) in [7, 11) is 0. The van der Waals surface area contributed by atoms with Gasteiger partial charge >= 0.3 is 12.2 Å². The molecule has 0 aliphatic rings. The van der Waals surface area contributed by atoms with E-state index >= 15 is 0 Å². The lowest BCUT2D eigenvalue weighted by Gasteiger charge is -2.12. The number of aromatic nitrogens is 3. The van der Waals surface area contributed by atoms with E-state index in [0.29, 0.717) is 12.1 Å². The predicted molar refractivity (Wildman–Crippen MR) is 69.6 cm³/mol. The molecule has 0 aliphatic carbocycles. The molecule has 0 N–H and O–H groups in total. The molecule has 0 spiro atoms. The van der Waals surface area contributed by atoms with Crippen LogP contribution in [0.4, 0.5) is 17.6 Å². The molecule has 0 saturated carbocycles. The van der Waals surface area contributed by atoms with Crippen molar-refractivity contribution in [3.63, 3.8) is 0 Å². The second kappa shape index (κ2) is 5.63. The third-order valence-corrected chi connectivity index (χ3v) is 2.85. The molecule has 21 heavy (non-hydrogen) atoms. The van der Waals surface area contributed by atoms with Crippen LogP contribution in [-0.4, -0.2) is 14.8 Å². The second-order valence-electron chi connectivity index (χ2n) is 4.44. The van der Waals surface area contributed by atoms with Gasteiger partial charge in [0.05, 0.1) is 11.6 Å². The summed E-state index contributed by atoms with van der Waals surface area (Å²) in [6.45, 7) is 3.61. The van der Waals surface area contributed by atoms with Crippen molar-refractivity contribution in [2.24, 2.45) is 0 Å². The molecule has 0 saturated heterocycles. The van der Waals surface area contributed by atoms with Gasteiger partial charge in [-0.05, 0) is 48.0 Å². The van der Waals surface area contributed by atoms with Crippen LogP contribution >= 0.6 is 15.9 Å². The van der Waals surface area contributed by atoms with Crippen molar-refractivity contribution in [1.29, 1.82) is 0 Å². The molecule has 0 amide bonds. The van der Waals surface area contributed by atoms with E-state index in [0.717, 1.165) is 6.07 Å². The van der Waals surface area contributed by atoms with Crippen LogP contribution in [0, 0.1) is 5.82 Å². The zero-order chi connectivity index (χ0) is 15.8. The fourth-order valence-electron chi connectivity index (χ4n) is 1.58. The maximum Gasteiger partial charge on any atom is 0.419 e. The minimum absolute atomic E-state index is 0.0107. The van der Waals surface area contributed by atoms with Crippen LogP contribution < -0.4 is 4.74 Å². The predicted octanol–water partition coefficient (Wildman–Crippen LogP) is 4.57. The van der Waals surface area contributed by atoms with Gasteiger partial charge in [-0.2, -0.15) is 18.2 Å². The minimum atomic E-state index is -4.80. The van der Waals surface area contributed by atoms with E-state index < -0.39 is 17.6 Å². The van der Waals surface area contributed by atoms with Crippen LogP contribution in [0.5, 0.6) is 11.8 Å². The lowest BCUT2D eigenvalue weighted by molar-refractivity contribution is -0.140. The molecule has 0 bridgehead atoms. The topological polar surface area (TPSA) is 39.9 Å². The highest BCUT2D eigenvalue weighted by molar-refractivity contribution is 9.10. The Hall–Kier alpha value is -1.64. The van der Waals surface area contributed by atoms with Crippen molar-refractivity contribution in [1.82, 2.24) is 14.8 Å². The summed E-state index contributed by atoms with van der Waals surface area (Å²) in [5.74, 6) is -1.54. The van der Waals surface area contributed by atoms with E-state index in [1.807, 2.05) is 0 Å². The first-order valence-corrected chi connectivity index (χ1v) is 6.64. The summed E-state index contributed by atoms with van der Waals surface area (Å²) < 4.78 is 58.0. The van der Waals surface area contributed by atoms with E-state index in [1.165, 1.54) is 4.68 Å². The monoisotopic (exact) mass is 367 g/mol. The molecule has 0 fully saturated rings. The highest BCUT2D eigenvalue weighted by Gasteiger charge is 2.34. The Labute approximate surface area is 125 Å². The quantitative estimate of drug-likeness (QED) is 0.746. The van der Waals surface area contributed by atoms with Gasteiger partial charge in [0.25, 0.3) is 0 Å². The minimum Gasteiger partial charge on any atom is -0.424 e. The molecule has 1 aromatic heterocycles. The Morgan fingerprint density at radius 2 is 1.95 bits per heavy atom. The van der Waals surface area contributed by atoms with Crippen LogP contribution in [0.25, 0.3) is 0 Å². The maximum absolute atomic E-state index is 13.2. The molecular weight excluding hydrogens is 358 g/mol. The van der Waals surface area contributed by atoms with Crippen molar-refractivity contribution in [2.75, 3.05) is 0 Å². The molecule has 4 nitrogen and oxygen atoms in total. The van der Waals surface area contributed by atoms with Crippen LogP contribution in [0.15, 0.2) is 22.9 Å². The van der Waals surface area contributed by atoms with Gasteiger partial charge in [0, 0.05) is 0 Å². The fourth-order valence-corrected chi connectivity index (χ4v) is 1.90. The van der Waals surface area contributed by atoms with Gasteiger partial charge in [0.1, 0.15) is 11.6 Å². The lowest BCUT2D eigenvalue weighted by Crippen LogP contribution is -2.09. The summed E-state index contributed by atoms with van der Waals surface area (Å²) in [4.78, 5) is 3.91. The molecule has 1 heterocycles. The maximum atomic E-state index is 13.2. The first-order chi connectivity index (χ1) is 9.68. The molecule has 2 rings (SSSR count). The molecule has 9 heteroatoms. The first-order valence-electron chi connectivity index (χ1n) is 5.85. The zero-order valence-corrected chi connectivity index (χ0v) is 12.5. The van der Waals surface area contributed by atoms with Crippen LogP contribution in [0.3, 0.4) is 0 Å². The Balaban J connectivity index is 2.37. The molecule has 1 aromatic carbocycles. The lowest BCUT2D eigenvalue weighted by atomic mass is 10.2. The zero-order valence-electron chi connectivity index (χ0n) is 10.9. The largest absolute Gasteiger partial charge is 0.424 e. The summed E-state index contributed by atoms with van der Waals surface area (Å²) in [6.07, 6.45) is -4.80. The Kier molecular flexibility index (Phi) is 4.22. The smallest absolute Gasteiger partial charge is 0.419 e. The van der Waals surface area contributed by atoms with Crippen molar-refractivity contribution < 1.29 is 22.3 Å². The number of alkyl halides is 3. The van der Waals surface area contributed by atoms with Crippen LogP contribution in [0.1, 0.15) is 25.5 Å². The molecule has 0 unspecified atom stereocenters. The summed E-state index contributed by atoms with van der Waals surface area (Å²) in [5, 5.41) is 4.00. The van der Waals surface area contributed by atoms with Crippen molar-refractivity contribution >= 4 is 15.9 Å². The van der Waals surface area contributed by atoms with Gasteiger partial charge in [-0.1, -0.05) is 0 Å². The second-order valence-corrected chi connectivity index (χ2v) is 5.15. The first kappa shape index (κ1) is 15.7. The number of hydrogen-bond donors (Lipinski definition) is 0. The number of nitrogens with zero attached hydrogens (tertiary/aromatic N) is 3. The standard InChI is InChI=1S/C12H10BrF4N3O/c1-6(2)20-11(18-10(13)19-20)21-7-3-4-9(14)8(5-7)12(15,16)17/h3-6H,1-2H3. The van der Waals surface area contributed by atoms with E-state index in [2.05, 4.69) is 26.0 Å². The van der Waals surface area contributed by atoms with Gasteiger partial charge in [-0.25, -0.2) is 9.07 Å². The van der Waals surface area contributed by atoms with Gasteiger partial charge in [0.2, 0.25) is 4.73 Å². The molecule has 2 aromatic rings. The normalized spacial score (nSPS) is 12.0. The Bertz CT molecular complexity index is 654. The number of rotatable bonds is 3. The van der Waals surface area contributed by atoms with E-state index in [4.69, 9.17) is 4.74 Å². The summed E-state index contributed by atoms with van der Waals surface area (Å²) >= 11 is 3.06. The average molecular weight is 368 g/mol. The highest BCUT2D eigenvalue weighted by Crippen LogP contribution is 2.34. The van der Waals surface area contributed by atoms with Crippen LogP contribution in [0.2, 0.25) is 0 Å². The number of hydrogen-bond acceptors (Lipinski definition) is 3. The van der Waals surface area contributed by atoms with Crippen molar-refractivity contribution in [3.8, 4) is 11.8 Å². The van der Waals surface area contributed by atoms with Crippen molar-refractivity contribution in [2.45, 2.75) is 26.1 Å². The average Bonchev–Trinajstić information content (AvgIpc) is 2.71. The van der Waals surface area contributed by atoms with Gasteiger partial charge in [-0.15, -0.1) is 5.10 Å². The number of ether oxygens (including phenoxy) is 1. The number of benzene rings is 1. The molecular formula is C12H10BrF4N3O. The highest BCUT2D eigenvalue weighted by atomic mass is 79.9. The van der Waals surface area contributed by atoms with Crippen molar-refractivity contribution in [3.05, 3.63) is 34.3 Å². The van der Waals surface area contributed by atoms with Gasteiger partial charge in [0.15, 0.2) is 0 Å². The summed E-state index contributed by atoms with van der Waals surface area (Å²) in [5.41, 5.74) is -1.39. The van der Waals surface area contributed by atoms with E-state index in [-0.39, 0.29) is 22.5 Å². The molecule has 0 radical (unpaired) electrons. The molecule has 0 atom stereocenters. The Morgan fingerprint density at radius 3 is 2.52 bits per heavy atom. The van der Waals surface area contributed by atoms with E-state index in [1.54, 1.807) is 13.8 Å². The Morgan fingerprint density at radius 1 is 1.29 bits per heavy atom. The third kappa shape index (κ3) is 3.52. The van der Waals surface area contributed by atoms with Crippen LogP contribution in [-0.2, 0) is 6.18 Å². The van der Waals surface area contributed by atoms with Gasteiger partial charge in [-0.3, -0.25) is 0 Å². The van der Waals surface area contributed by atoms with E-state index in [9.17, 15) is 17.6 Å². The fraction of sp³-hybridized carbons (Fsp3) is 0.333. The molecule has 114 valence electrons. The third-order valence-electron chi connectivity index (χ3n) is 2.52. The molecule has 0 aliphatic heterocycles. The SMILES string of the molecule is CC(C)n1nc(Br)nc1Oc1ccc(F)c(C(F)(F)F)c1.